The molecule has 0 aliphatic carbocycles. The molecule has 0 radical (unpaired) electrons. The number of nitrogens with one attached hydrogen (secondary N) is 2. The molecule has 3 N–H and O–H groups in total. The lowest BCUT2D eigenvalue weighted by atomic mass is 10.1. The molecule has 0 spiro atoms. The van der Waals surface area contributed by atoms with Gasteiger partial charge in [0.15, 0.2) is 0 Å². The van der Waals surface area contributed by atoms with E-state index < -0.39 is 0 Å². The predicted octanol–water partition coefficient (Wildman–Crippen LogP) is 4.58. The third-order valence-electron chi connectivity index (χ3n) is 3.64. The van der Waals surface area contributed by atoms with Crippen molar-refractivity contribution in [2.24, 2.45) is 0 Å². The van der Waals surface area contributed by atoms with E-state index in [9.17, 15) is 9.50 Å². The van der Waals surface area contributed by atoms with E-state index in [0.29, 0.717) is 27.6 Å². The quantitative estimate of drug-likeness (QED) is 0.548. The maximum atomic E-state index is 13.8. The standard InChI is InChI=1S/C19H18BrFN4O/c1-12(11-26)22-19-24-17(13-5-3-2-4-6-13)10-18(25-19)23-14-7-8-15(20)16(21)9-14/h2-10,12,26H,11H2,1H3,(H2,22,23,24,25)/t12-/m0/s1. The zero-order chi connectivity index (χ0) is 18.5. The molecule has 0 bridgehead atoms. The van der Waals surface area contributed by atoms with Crippen LogP contribution in [0.15, 0.2) is 59.1 Å². The van der Waals surface area contributed by atoms with E-state index in [4.69, 9.17) is 0 Å². The monoisotopic (exact) mass is 416 g/mol. The van der Waals surface area contributed by atoms with Gasteiger partial charge in [-0.25, -0.2) is 9.37 Å². The van der Waals surface area contributed by atoms with Crippen LogP contribution in [0.2, 0.25) is 0 Å². The number of halogens is 2. The molecule has 1 heterocycles. The highest BCUT2D eigenvalue weighted by atomic mass is 79.9. The van der Waals surface area contributed by atoms with Gasteiger partial charge in [-0.3, -0.25) is 0 Å². The average Bonchev–Trinajstić information content (AvgIpc) is 2.65. The van der Waals surface area contributed by atoms with Crippen molar-refractivity contribution in [1.82, 2.24) is 9.97 Å². The van der Waals surface area contributed by atoms with Crippen molar-refractivity contribution in [3.63, 3.8) is 0 Å². The van der Waals surface area contributed by atoms with Gasteiger partial charge in [-0.1, -0.05) is 30.3 Å². The summed E-state index contributed by atoms with van der Waals surface area (Å²) in [4.78, 5) is 8.93. The molecule has 3 aromatic rings. The number of hydrogen-bond acceptors (Lipinski definition) is 5. The molecule has 0 fully saturated rings. The van der Waals surface area contributed by atoms with Gasteiger partial charge in [-0.2, -0.15) is 4.98 Å². The lowest BCUT2D eigenvalue weighted by Crippen LogP contribution is -2.21. The van der Waals surface area contributed by atoms with Gasteiger partial charge in [-0.15, -0.1) is 0 Å². The fraction of sp³-hybridized carbons (Fsp3) is 0.158. The van der Waals surface area contributed by atoms with Crippen molar-refractivity contribution in [1.29, 1.82) is 0 Å². The highest BCUT2D eigenvalue weighted by molar-refractivity contribution is 9.10. The van der Waals surface area contributed by atoms with Crippen molar-refractivity contribution < 1.29 is 9.50 Å². The Morgan fingerprint density at radius 2 is 1.88 bits per heavy atom. The minimum absolute atomic E-state index is 0.0421. The van der Waals surface area contributed by atoms with Crippen molar-refractivity contribution in [3.05, 3.63) is 64.9 Å². The summed E-state index contributed by atoms with van der Waals surface area (Å²) in [5, 5.41) is 15.4. The van der Waals surface area contributed by atoms with E-state index in [1.165, 1.54) is 6.07 Å². The molecule has 2 aromatic carbocycles. The van der Waals surface area contributed by atoms with Crippen LogP contribution in [0.25, 0.3) is 11.3 Å². The molecule has 1 atom stereocenters. The smallest absolute Gasteiger partial charge is 0.225 e. The first-order valence-corrected chi connectivity index (χ1v) is 8.88. The average molecular weight is 417 g/mol. The van der Waals surface area contributed by atoms with Crippen LogP contribution in [0.5, 0.6) is 0 Å². The summed E-state index contributed by atoms with van der Waals surface area (Å²) < 4.78 is 14.2. The lowest BCUT2D eigenvalue weighted by molar-refractivity contribution is 0.281. The first-order chi connectivity index (χ1) is 12.5. The molecule has 0 saturated heterocycles. The summed E-state index contributed by atoms with van der Waals surface area (Å²) in [7, 11) is 0. The van der Waals surface area contributed by atoms with Gasteiger partial charge >= 0.3 is 0 Å². The number of rotatable bonds is 6. The summed E-state index contributed by atoms with van der Waals surface area (Å²) in [5.41, 5.74) is 2.22. The number of anilines is 3. The fourth-order valence-electron chi connectivity index (χ4n) is 2.32. The predicted molar refractivity (Wildman–Crippen MR) is 105 cm³/mol. The first kappa shape index (κ1) is 18.3. The minimum Gasteiger partial charge on any atom is -0.394 e. The number of nitrogens with zero attached hydrogens (tertiary/aromatic N) is 2. The summed E-state index contributed by atoms with van der Waals surface area (Å²) in [6, 6.07) is 16.1. The highest BCUT2D eigenvalue weighted by Crippen LogP contribution is 2.25. The van der Waals surface area contributed by atoms with Gasteiger partial charge in [0.2, 0.25) is 5.95 Å². The zero-order valence-electron chi connectivity index (χ0n) is 14.1. The van der Waals surface area contributed by atoms with E-state index in [2.05, 4.69) is 36.5 Å². The van der Waals surface area contributed by atoms with Crippen molar-refractivity contribution in [2.45, 2.75) is 13.0 Å². The van der Waals surface area contributed by atoms with Gasteiger partial charge in [0.05, 0.1) is 16.8 Å². The van der Waals surface area contributed by atoms with Crippen LogP contribution >= 0.6 is 15.9 Å². The number of aliphatic hydroxyl groups is 1. The molecular formula is C19H18BrFN4O. The zero-order valence-corrected chi connectivity index (χ0v) is 15.7. The Morgan fingerprint density at radius 1 is 1.12 bits per heavy atom. The molecule has 0 aliphatic rings. The van der Waals surface area contributed by atoms with E-state index in [-0.39, 0.29) is 18.5 Å². The van der Waals surface area contributed by atoms with E-state index in [1.54, 1.807) is 18.2 Å². The van der Waals surface area contributed by atoms with Gasteiger partial charge in [0.25, 0.3) is 0 Å². The van der Waals surface area contributed by atoms with Gasteiger partial charge < -0.3 is 15.7 Å². The summed E-state index contributed by atoms with van der Waals surface area (Å²) in [6.45, 7) is 1.79. The second-order valence-corrected chi connectivity index (χ2v) is 6.66. The maximum Gasteiger partial charge on any atom is 0.225 e. The Hall–Kier alpha value is -2.51. The van der Waals surface area contributed by atoms with Gasteiger partial charge in [-0.05, 0) is 41.1 Å². The Labute approximate surface area is 159 Å². The summed E-state index contributed by atoms with van der Waals surface area (Å²) >= 11 is 3.14. The molecule has 0 amide bonds. The molecule has 134 valence electrons. The molecule has 0 unspecified atom stereocenters. The fourth-order valence-corrected chi connectivity index (χ4v) is 2.57. The molecule has 7 heteroatoms. The van der Waals surface area contributed by atoms with Crippen molar-refractivity contribution in [2.75, 3.05) is 17.2 Å². The van der Waals surface area contributed by atoms with Crippen LogP contribution in [0.4, 0.5) is 21.8 Å². The molecule has 5 nitrogen and oxygen atoms in total. The van der Waals surface area contributed by atoms with E-state index >= 15 is 0 Å². The van der Waals surface area contributed by atoms with Crippen LogP contribution in [0.1, 0.15) is 6.92 Å². The first-order valence-electron chi connectivity index (χ1n) is 8.09. The van der Waals surface area contributed by atoms with Crippen LogP contribution in [-0.4, -0.2) is 27.7 Å². The largest absolute Gasteiger partial charge is 0.394 e. The molecule has 26 heavy (non-hydrogen) atoms. The molecular weight excluding hydrogens is 399 g/mol. The second kappa shape index (κ2) is 8.25. The molecule has 3 rings (SSSR count). The Morgan fingerprint density at radius 3 is 2.58 bits per heavy atom. The summed E-state index contributed by atoms with van der Waals surface area (Å²) in [6.07, 6.45) is 0. The lowest BCUT2D eigenvalue weighted by Gasteiger charge is -2.14. The third-order valence-corrected chi connectivity index (χ3v) is 4.28. The molecule has 1 aromatic heterocycles. The van der Waals surface area contributed by atoms with Crippen LogP contribution in [0, 0.1) is 5.82 Å². The Balaban J connectivity index is 1.97. The van der Waals surface area contributed by atoms with Crippen molar-refractivity contribution >= 4 is 33.4 Å². The Kier molecular flexibility index (Phi) is 5.80. The number of aromatic nitrogens is 2. The number of hydrogen-bond donors (Lipinski definition) is 3. The van der Waals surface area contributed by atoms with Crippen LogP contribution < -0.4 is 10.6 Å². The number of benzene rings is 2. The van der Waals surface area contributed by atoms with Gasteiger partial charge in [0.1, 0.15) is 11.6 Å². The topological polar surface area (TPSA) is 70.1 Å². The molecule has 0 saturated carbocycles. The minimum atomic E-state index is -0.361. The summed E-state index contributed by atoms with van der Waals surface area (Å²) in [5.74, 6) is 0.542. The third kappa shape index (κ3) is 4.56. The number of aliphatic hydroxyl groups excluding tert-OH is 1. The Bertz CT molecular complexity index is 892. The van der Waals surface area contributed by atoms with Crippen molar-refractivity contribution in [3.8, 4) is 11.3 Å². The van der Waals surface area contributed by atoms with Crippen LogP contribution in [-0.2, 0) is 0 Å². The van der Waals surface area contributed by atoms with Crippen LogP contribution in [0.3, 0.4) is 0 Å². The highest BCUT2D eigenvalue weighted by Gasteiger charge is 2.10. The maximum absolute atomic E-state index is 13.8. The second-order valence-electron chi connectivity index (χ2n) is 5.81. The normalized spacial score (nSPS) is 11.8. The van der Waals surface area contributed by atoms with Gasteiger partial charge in [0, 0.05) is 23.4 Å². The van der Waals surface area contributed by atoms with E-state index in [1.807, 2.05) is 37.3 Å². The van der Waals surface area contributed by atoms with E-state index in [0.717, 1.165) is 5.56 Å². The SMILES string of the molecule is C[C@@H](CO)Nc1nc(Nc2ccc(Br)c(F)c2)cc(-c2ccccc2)n1. The molecule has 0 aliphatic heterocycles.